The molecule has 0 aliphatic heterocycles. The van der Waals surface area contributed by atoms with Crippen molar-refractivity contribution in [1.29, 1.82) is 0 Å². The van der Waals surface area contributed by atoms with E-state index in [-0.39, 0.29) is 5.69 Å². The van der Waals surface area contributed by atoms with Crippen LogP contribution in [0.2, 0.25) is 0 Å². The first-order valence-corrected chi connectivity index (χ1v) is 3.60. The average molecular weight is 203 g/mol. The SMILES string of the molecule is NNc1cccc(C(F)F)c1[N+](=O)[O-]. The number of hydrazine groups is 1. The third-order valence-electron chi connectivity index (χ3n) is 1.64. The third kappa shape index (κ3) is 1.77. The predicted octanol–water partition coefficient (Wildman–Crippen LogP) is 1.82. The summed E-state index contributed by atoms with van der Waals surface area (Å²) < 4.78 is 24.7. The van der Waals surface area contributed by atoms with Crippen LogP contribution < -0.4 is 11.3 Å². The highest BCUT2D eigenvalue weighted by Crippen LogP contribution is 2.34. The van der Waals surface area contributed by atoms with Crippen molar-refractivity contribution in [1.82, 2.24) is 0 Å². The lowest BCUT2D eigenvalue weighted by atomic mass is 10.1. The lowest BCUT2D eigenvalue weighted by molar-refractivity contribution is -0.385. The molecule has 0 fully saturated rings. The lowest BCUT2D eigenvalue weighted by Crippen LogP contribution is -2.10. The number of alkyl halides is 2. The molecular weight excluding hydrogens is 196 g/mol. The van der Waals surface area contributed by atoms with Crippen LogP contribution in [0, 0.1) is 10.1 Å². The molecule has 0 unspecified atom stereocenters. The molecule has 0 atom stereocenters. The molecule has 7 heteroatoms. The Labute approximate surface area is 77.6 Å². The summed E-state index contributed by atoms with van der Waals surface area (Å²) in [4.78, 5) is 9.59. The van der Waals surface area contributed by atoms with E-state index in [4.69, 9.17) is 5.84 Å². The largest absolute Gasteiger partial charge is 0.318 e. The van der Waals surface area contributed by atoms with Crippen molar-refractivity contribution in [2.75, 3.05) is 5.43 Å². The number of nitrogens with one attached hydrogen (secondary N) is 1. The number of hydrogen-bond donors (Lipinski definition) is 2. The Hall–Kier alpha value is -1.76. The summed E-state index contributed by atoms with van der Waals surface area (Å²) in [5.74, 6) is 4.96. The van der Waals surface area contributed by atoms with Crippen molar-refractivity contribution in [2.24, 2.45) is 5.84 Å². The normalized spacial score (nSPS) is 10.3. The maximum atomic E-state index is 12.3. The summed E-state index contributed by atoms with van der Waals surface area (Å²) in [7, 11) is 0. The van der Waals surface area contributed by atoms with Crippen LogP contribution in [0.4, 0.5) is 20.2 Å². The summed E-state index contributed by atoms with van der Waals surface area (Å²) in [6.07, 6.45) is -2.90. The van der Waals surface area contributed by atoms with Crippen LogP contribution in [0.5, 0.6) is 0 Å². The van der Waals surface area contributed by atoms with Crippen molar-refractivity contribution < 1.29 is 13.7 Å². The molecule has 3 N–H and O–H groups in total. The number of rotatable bonds is 3. The van der Waals surface area contributed by atoms with E-state index in [1.807, 2.05) is 5.43 Å². The van der Waals surface area contributed by atoms with Gasteiger partial charge in [0.1, 0.15) is 5.69 Å². The Bertz CT molecular complexity index is 357. The Balaban J connectivity index is 3.35. The van der Waals surface area contributed by atoms with Gasteiger partial charge in [0, 0.05) is 0 Å². The van der Waals surface area contributed by atoms with Crippen molar-refractivity contribution in [2.45, 2.75) is 6.43 Å². The second-order valence-electron chi connectivity index (χ2n) is 2.45. The molecule has 0 bridgehead atoms. The monoisotopic (exact) mass is 203 g/mol. The molecular formula is C7H7F2N3O2. The molecule has 0 aliphatic rings. The number of benzene rings is 1. The molecule has 1 aromatic carbocycles. The van der Waals surface area contributed by atoms with Gasteiger partial charge in [-0.2, -0.15) is 0 Å². The van der Waals surface area contributed by atoms with Crippen molar-refractivity contribution >= 4 is 11.4 Å². The first kappa shape index (κ1) is 10.3. The van der Waals surface area contributed by atoms with Gasteiger partial charge in [0.25, 0.3) is 6.43 Å². The fraction of sp³-hybridized carbons (Fsp3) is 0.143. The number of halogens is 2. The Morgan fingerprint density at radius 2 is 2.14 bits per heavy atom. The number of nitrogens with two attached hydrogens (primary N) is 1. The number of nitro groups is 1. The summed E-state index contributed by atoms with van der Waals surface area (Å²) in [6, 6.07) is 3.51. The van der Waals surface area contributed by atoms with Crippen LogP contribution in [-0.4, -0.2) is 4.92 Å². The van der Waals surface area contributed by atoms with Gasteiger partial charge < -0.3 is 5.43 Å². The van der Waals surface area contributed by atoms with E-state index in [1.54, 1.807) is 0 Å². The molecule has 76 valence electrons. The lowest BCUT2D eigenvalue weighted by Gasteiger charge is -2.05. The zero-order chi connectivity index (χ0) is 10.7. The fourth-order valence-corrected chi connectivity index (χ4v) is 1.06. The van der Waals surface area contributed by atoms with Crippen molar-refractivity contribution in [3.05, 3.63) is 33.9 Å². The Morgan fingerprint density at radius 3 is 2.57 bits per heavy atom. The highest BCUT2D eigenvalue weighted by Gasteiger charge is 2.24. The van der Waals surface area contributed by atoms with E-state index in [1.165, 1.54) is 12.1 Å². The van der Waals surface area contributed by atoms with Gasteiger partial charge in [0.15, 0.2) is 0 Å². The summed E-state index contributed by atoms with van der Waals surface area (Å²) in [6.45, 7) is 0. The first-order valence-electron chi connectivity index (χ1n) is 3.60. The molecule has 0 spiro atoms. The van der Waals surface area contributed by atoms with E-state index >= 15 is 0 Å². The van der Waals surface area contributed by atoms with Gasteiger partial charge in [0.2, 0.25) is 0 Å². The predicted molar refractivity (Wildman–Crippen MR) is 45.9 cm³/mol. The van der Waals surface area contributed by atoms with Crippen molar-refractivity contribution in [3.8, 4) is 0 Å². The molecule has 1 rings (SSSR count). The minimum Gasteiger partial charge on any atom is -0.318 e. The smallest absolute Gasteiger partial charge is 0.302 e. The maximum Gasteiger partial charge on any atom is 0.302 e. The van der Waals surface area contributed by atoms with Gasteiger partial charge >= 0.3 is 5.69 Å². The second-order valence-corrected chi connectivity index (χ2v) is 2.45. The third-order valence-corrected chi connectivity index (χ3v) is 1.64. The highest BCUT2D eigenvalue weighted by atomic mass is 19.3. The van der Waals surface area contributed by atoms with E-state index in [0.29, 0.717) is 0 Å². The molecule has 0 saturated carbocycles. The molecule has 0 amide bonds. The molecule has 1 aromatic rings. The number of nitrogens with zero attached hydrogens (tertiary/aromatic N) is 1. The standard InChI is InChI=1S/C7H7F2N3O2/c8-7(9)4-2-1-3-5(11-10)6(4)12(13)14/h1-3,7,11H,10H2. The van der Waals surface area contributed by atoms with Crippen LogP contribution in [0.15, 0.2) is 18.2 Å². The van der Waals surface area contributed by atoms with Gasteiger partial charge in [-0.05, 0) is 12.1 Å². The molecule has 0 heterocycles. The van der Waals surface area contributed by atoms with Crippen molar-refractivity contribution in [3.63, 3.8) is 0 Å². The maximum absolute atomic E-state index is 12.3. The van der Waals surface area contributed by atoms with Gasteiger partial charge in [-0.25, -0.2) is 8.78 Å². The van der Waals surface area contributed by atoms with Crippen LogP contribution in [0.3, 0.4) is 0 Å². The molecule has 5 nitrogen and oxygen atoms in total. The Kier molecular flexibility index (Phi) is 2.92. The molecule has 0 radical (unpaired) electrons. The number of para-hydroxylation sites is 1. The zero-order valence-corrected chi connectivity index (χ0v) is 6.91. The van der Waals surface area contributed by atoms with Crippen LogP contribution in [0.25, 0.3) is 0 Å². The second kappa shape index (κ2) is 3.97. The summed E-state index contributed by atoms with van der Waals surface area (Å²) >= 11 is 0. The minimum atomic E-state index is -2.90. The number of anilines is 1. The summed E-state index contributed by atoms with van der Waals surface area (Å²) in [5.41, 5.74) is 0.528. The summed E-state index contributed by atoms with van der Waals surface area (Å²) in [5, 5.41) is 10.5. The van der Waals surface area contributed by atoms with Crippen LogP contribution >= 0.6 is 0 Å². The molecule has 0 aromatic heterocycles. The van der Waals surface area contributed by atoms with Crippen LogP contribution in [0.1, 0.15) is 12.0 Å². The number of hydrogen-bond acceptors (Lipinski definition) is 4. The Morgan fingerprint density at radius 1 is 1.50 bits per heavy atom. The molecule has 14 heavy (non-hydrogen) atoms. The van der Waals surface area contributed by atoms with E-state index in [9.17, 15) is 18.9 Å². The first-order chi connectivity index (χ1) is 6.57. The zero-order valence-electron chi connectivity index (χ0n) is 6.91. The van der Waals surface area contributed by atoms with E-state index < -0.39 is 22.6 Å². The van der Waals surface area contributed by atoms with Gasteiger partial charge in [-0.1, -0.05) is 6.07 Å². The molecule has 0 aliphatic carbocycles. The quantitative estimate of drug-likeness (QED) is 0.446. The number of nitrogen functional groups attached to an aromatic ring is 1. The minimum absolute atomic E-state index is 0.132. The van der Waals surface area contributed by atoms with Crippen LogP contribution in [-0.2, 0) is 0 Å². The molecule has 0 saturated heterocycles. The topological polar surface area (TPSA) is 81.2 Å². The van der Waals surface area contributed by atoms with Gasteiger partial charge in [-0.3, -0.25) is 16.0 Å². The van der Waals surface area contributed by atoms with E-state index in [2.05, 4.69) is 0 Å². The van der Waals surface area contributed by atoms with Gasteiger partial charge in [-0.15, -0.1) is 0 Å². The number of nitro benzene ring substituents is 1. The average Bonchev–Trinajstić information content (AvgIpc) is 2.16. The van der Waals surface area contributed by atoms with Gasteiger partial charge in [0.05, 0.1) is 10.5 Å². The fourth-order valence-electron chi connectivity index (χ4n) is 1.06. The highest BCUT2D eigenvalue weighted by molar-refractivity contribution is 5.65. The van der Waals surface area contributed by atoms with E-state index in [0.717, 1.165) is 6.07 Å².